The minimum Gasteiger partial charge on any atom is -0.480 e. The Morgan fingerprint density at radius 2 is 2.09 bits per heavy atom. The van der Waals surface area contributed by atoms with Crippen LogP contribution in [0.25, 0.3) is 0 Å². The molecule has 0 spiro atoms. The Bertz CT molecular complexity index is 717. The molecule has 7 nitrogen and oxygen atoms in total. The van der Waals surface area contributed by atoms with Gasteiger partial charge in [-0.05, 0) is 31.0 Å². The first-order chi connectivity index (χ1) is 10.3. The fourth-order valence-electron chi connectivity index (χ4n) is 2.36. The van der Waals surface area contributed by atoms with Crippen molar-refractivity contribution in [1.82, 2.24) is 4.31 Å². The third-order valence-corrected chi connectivity index (χ3v) is 5.82. The van der Waals surface area contributed by atoms with Gasteiger partial charge >= 0.3 is 11.9 Å². The van der Waals surface area contributed by atoms with Crippen LogP contribution in [0.2, 0.25) is 5.02 Å². The van der Waals surface area contributed by atoms with Crippen molar-refractivity contribution in [2.75, 3.05) is 13.7 Å². The van der Waals surface area contributed by atoms with E-state index in [2.05, 4.69) is 4.74 Å². The van der Waals surface area contributed by atoms with E-state index in [1.807, 2.05) is 0 Å². The lowest BCUT2D eigenvalue weighted by molar-refractivity contribution is -0.140. The molecule has 0 unspecified atom stereocenters. The van der Waals surface area contributed by atoms with Crippen LogP contribution in [0.3, 0.4) is 0 Å². The molecule has 1 heterocycles. The highest BCUT2D eigenvalue weighted by molar-refractivity contribution is 7.89. The monoisotopic (exact) mass is 347 g/mol. The molecule has 2 rings (SSSR count). The molecule has 1 aromatic carbocycles. The summed E-state index contributed by atoms with van der Waals surface area (Å²) < 4.78 is 30.6. The van der Waals surface area contributed by atoms with E-state index in [1.54, 1.807) is 0 Å². The molecular formula is C13H14ClNO6S. The summed E-state index contributed by atoms with van der Waals surface area (Å²) in [7, 11) is -2.85. The van der Waals surface area contributed by atoms with Gasteiger partial charge in [0.05, 0.1) is 17.7 Å². The summed E-state index contributed by atoms with van der Waals surface area (Å²) >= 11 is 5.96. The number of nitrogens with zero attached hydrogens (tertiary/aromatic N) is 1. The molecule has 120 valence electrons. The summed E-state index contributed by atoms with van der Waals surface area (Å²) in [4.78, 5) is 22.3. The predicted octanol–water partition coefficient (Wildman–Crippen LogP) is 1.36. The number of carbonyl (C=O) groups excluding carboxylic acids is 1. The van der Waals surface area contributed by atoms with Gasteiger partial charge < -0.3 is 9.84 Å². The van der Waals surface area contributed by atoms with Gasteiger partial charge in [0.15, 0.2) is 0 Å². The predicted molar refractivity (Wildman–Crippen MR) is 77.3 cm³/mol. The number of esters is 1. The highest BCUT2D eigenvalue weighted by Crippen LogP contribution is 2.31. The largest absolute Gasteiger partial charge is 0.480 e. The molecular weight excluding hydrogens is 334 g/mol. The Labute approximate surface area is 132 Å². The van der Waals surface area contributed by atoms with E-state index in [0.717, 1.165) is 4.31 Å². The Kier molecular flexibility index (Phi) is 4.74. The molecule has 1 saturated heterocycles. The van der Waals surface area contributed by atoms with Crippen molar-refractivity contribution in [2.45, 2.75) is 23.8 Å². The number of rotatable bonds is 4. The number of methoxy groups -OCH3 is 1. The smallest absolute Gasteiger partial charge is 0.337 e. The van der Waals surface area contributed by atoms with Gasteiger partial charge in [0.1, 0.15) is 10.9 Å². The van der Waals surface area contributed by atoms with Crippen molar-refractivity contribution in [1.29, 1.82) is 0 Å². The number of benzene rings is 1. The van der Waals surface area contributed by atoms with Gasteiger partial charge in [-0.2, -0.15) is 4.31 Å². The number of ether oxygens (including phenoxy) is 1. The van der Waals surface area contributed by atoms with E-state index in [0.29, 0.717) is 6.42 Å². The number of halogens is 1. The molecule has 1 aliphatic heterocycles. The third-order valence-electron chi connectivity index (χ3n) is 3.43. The van der Waals surface area contributed by atoms with Gasteiger partial charge in [-0.3, -0.25) is 4.79 Å². The lowest BCUT2D eigenvalue weighted by atomic mass is 10.2. The van der Waals surface area contributed by atoms with Gasteiger partial charge in [0.2, 0.25) is 10.0 Å². The molecule has 1 N–H and O–H groups in total. The maximum absolute atomic E-state index is 12.6. The van der Waals surface area contributed by atoms with Crippen LogP contribution >= 0.6 is 11.6 Å². The Balaban J connectivity index is 2.42. The van der Waals surface area contributed by atoms with Crippen molar-refractivity contribution < 1.29 is 27.9 Å². The normalized spacial score (nSPS) is 19.1. The SMILES string of the molecule is COC(=O)c1ccc(S(=O)(=O)N2CCC[C@@H]2C(=O)O)c(Cl)c1. The molecule has 1 atom stereocenters. The molecule has 0 bridgehead atoms. The number of aliphatic carboxylic acids is 1. The van der Waals surface area contributed by atoms with Crippen molar-refractivity contribution in [3.05, 3.63) is 28.8 Å². The van der Waals surface area contributed by atoms with Crippen LogP contribution < -0.4 is 0 Å². The second kappa shape index (κ2) is 6.23. The number of carboxylic acids is 1. The maximum atomic E-state index is 12.6. The van der Waals surface area contributed by atoms with E-state index < -0.39 is 28.0 Å². The first-order valence-corrected chi connectivity index (χ1v) is 8.23. The minimum atomic E-state index is -4.04. The van der Waals surface area contributed by atoms with Gasteiger partial charge in [-0.25, -0.2) is 13.2 Å². The number of sulfonamides is 1. The molecule has 1 aromatic rings. The highest BCUT2D eigenvalue weighted by Gasteiger charge is 2.40. The Morgan fingerprint density at radius 1 is 1.41 bits per heavy atom. The second-order valence-corrected chi connectivity index (χ2v) is 7.01. The lowest BCUT2D eigenvalue weighted by Crippen LogP contribution is -2.40. The average Bonchev–Trinajstić information content (AvgIpc) is 2.96. The number of hydrogen-bond acceptors (Lipinski definition) is 5. The fraction of sp³-hybridized carbons (Fsp3) is 0.385. The molecule has 0 amide bonds. The molecule has 1 fully saturated rings. The number of carbonyl (C=O) groups is 2. The summed E-state index contributed by atoms with van der Waals surface area (Å²) in [5.74, 6) is -1.83. The standard InChI is InChI=1S/C13H14ClNO6S/c1-21-13(18)8-4-5-11(9(14)7-8)22(19,20)15-6-2-3-10(15)12(16)17/h4-5,7,10H,2-3,6H2,1H3,(H,16,17)/t10-/m1/s1. The molecule has 0 saturated carbocycles. The minimum absolute atomic E-state index is 0.114. The lowest BCUT2D eigenvalue weighted by Gasteiger charge is -2.21. The van der Waals surface area contributed by atoms with Crippen LogP contribution in [0.1, 0.15) is 23.2 Å². The highest BCUT2D eigenvalue weighted by atomic mass is 35.5. The Morgan fingerprint density at radius 3 is 2.64 bits per heavy atom. The van der Waals surface area contributed by atoms with E-state index in [9.17, 15) is 18.0 Å². The van der Waals surface area contributed by atoms with Crippen LogP contribution in [0, 0.1) is 0 Å². The van der Waals surface area contributed by atoms with E-state index in [1.165, 1.54) is 25.3 Å². The van der Waals surface area contributed by atoms with Gasteiger partial charge in [0.25, 0.3) is 0 Å². The maximum Gasteiger partial charge on any atom is 0.337 e. The van der Waals surface area contributed by atoms with Gasteiger partial charge in [-0.15, -0.1) is 0 Å². The van der Waals surface area contributed by atoms with E-state index in [-0.39, 0.29) is 28.4 Å². The zero-order valence-corrected chi connectivity index (χ0v) is 13.2. The molecule has 9 heteroatoms. The van der Waals surface area contributed by atoms with Crippen molar-refractivity contribution in [3.8, 4) is 0 Å². The van der Waals surface area contributed by atoms with Crippen LogP contribution in [0.5, 0.6) is 0 Å². The van der Waals surface area contributed by atoms with E-state index in [4.69, 9.17) is 16.7 Å². The van der Waals surface area contributed by atoms with E-state index >= 15 is 0 Å². The number of hydrogen-bond donors (Lipinski definition) is 1. The molecule has 0 aromatic heterocycles. The van der Waals surface area contributed by atoms with Crippen molar-refractivity contribution in [2.24, 2.45) is 0 Å². The quantitative estimate of drug-likeness (QED) is 0.825. The molecule has 0 radical (unpaired) electrons. The second-order valence-electron chi connectivity index (χ2n) is 4.75. The molecule has 22 heavy (non-hydrogen) atoms. The summed E-state index contributed by atoms with van der Waals surface area (Å²) in [6, 6.07) is 2.55. The summed E-state index contributed by atoms with van der Waals surface area (Å²) in [5.41, 5.74) is 0.114. The average molecular weight is 348 g/mol. The van der Waals surface area contributed by atoms with Crippen molar-refractivity contribution >= 4 is 33.6 Å². The van der Waals surface area contributed by atoms with Crippen LogP contribution in [0.15, 0.2) is 23.1 Å². The topological polar surface area (TPSA) is 101 Å². The first-order valence-electron chi connectivity index (χ1n) is 6.41. The zero-order valence-electron chi connectivity index (χ0n) is 11.7. The van der Waals surface area contributed by atoms with Crippen LogP contribution in [0.4, 0.5) is 0 Å². The van der Waals surface area contributed by atoms with Crippen LogP contribution in [-0.2, 0) is 19.6 Å². The third kappa shape index (κ3) is 2.94. The summed E-state index contributed by atoms with van der Waals surface area (Å²) in [6.45, 7) is 0.119. The van der Waals surface area contributed by atoms with Gasteiger partial charge in [-0.1, -0.05) is 11.6 Å². The number of carboxylic acid groups (broad SMARTS) is 1. The zero-order chi connectivity index (χ0) is 16.5. The molecule has 0 aliphatic carbocycles. The summed E-state index contributed by atoms with van der Waals surface area (Å²) in [6.07, 6.45) is 0.723. The first kappa shape index (κ1) is 16.7. The molecule has 1 aliphatic rings. The van der Waals surface area contributed by atoms with Crippen molar-refractivity contribution in [3.63, 3.8) is 0 Å². The van der Waals surface area contributed by atoms with Gasteiger partial charge in [0, 0.05) is 6.54 Å². The Hall–Kier alpha value is -1.64. The fourth-order valence-corrected chi connectivity index (χ4v) is 4.53. The summed E-state index contributed by atoms with van der Waals surface area (Å²) in [5, 5.41) is 8.96. The van der Waals surface area contributed by atoms with Crippen LogP contribution in [-0.4, -0.2) is 49.5 Å².